The Labute approximate surface area is 105 Å². The molecule has 0 aromatic rings. The number of hydrogen-bond acceptors (Lipinski definition) is 3. The van der Waals surface area contributed by atoms with Crippen LogP contribution in [0.5, 0.6) is 0 Å². The van der Waals surface area contributed by atoms with Gasteiger partial charge in [0.25, 0.3) is 0 Å². The first-order valence-electron chi connectivity index (χ1n) is 6.62. The molecule has 1 fully saturated rings. The van der Waals surface area contributed by atoms with E-state index in [1.165, 1.54) is 0 Å². The van der Waals surface area contributed by atoms with Gasteiger partial charge in [0.1, 0.15) is 0 Å². The molecule has 0 bridgehead atoms. The molecule has 1 aliphatic rings. The predicted octanol–water partition coefficient (Wildman–Crippen LogP) is 0.285. The van der Waals surface area contributed by atoms with E-state index >= 15 is 0 Å². The average Bonchev–Trinajstić information content (AvgIpc) is 2.38. The Balaban J connectivity index is 2.27. The molecule has 1 rings (SSSR count). The van der Waals surface area contributed by atoms with Crippen molar-refractivity contribution in [1.29, 1.82) is 0 Å². The molecule has 0 radical (unpaired) electrons. The van der Waals surface area contributed by atoms with Crippen molar-refractivity contribution < 1.29 is 4.79 Å². The van der Waals surface area contributed by atoms with Gasteiger partial charge in [-0.15, -0.1) is 0 Å². The fourth-order valence-corrected chi connectivity index (χ4v) is 2.06. The van der Waals surface area contributed by atoms with Crippen LogP contribution in [0.15, 0.2) is 0 Å². The molecule has 0 atom stereocenters. The van der Waals surface area contributed by atoms with Gasteiger partial charge in [0.2, 0.25) is 0 Å². The lowest BCUT2D eigenvalue weighted by Gasteiger charge is -2.31. The van der Waals surface area contributed by atoms with Gasteiger partial charge < -0.3 is 15.1 Å². The summed E-state index contributed by atoms with van der Waals surface area (Å²) in [6, 6.07) is 0.144. The van der Waals surface area contributed by atoms with E-state index in [0.717, 1.165) is 52.4 Å². The van der Waals surface area contributed by atoms with Gasteiger partial charge in [0.05, 0.1) is 0 Å². The molecule has 1 saturated heterocycles. The lowest BCUT2D eigenvalue weighted by atomic mass is 10.3. The lowest BCUT2D eigenvalue weighted by molar-refractivity contribution is 0.156. The minimum Gasteiger partial charge on any atom is -0.326 e. The number of nitrogens with one attached hydrogen (secondary N) is 1. The van der Waals surface area contributed by atoms with E-state index in [2.05, 4.69) is 10.2 Å². The highest BCUT2D eigenvalue weighted by Gasteiger charge is 2.16. The first-order valence-corrected chi connectivity index (χ1v) is 6.62. The van der Waals surface area contributed by atoms with Gasteiger partial charge in [-0.2, -0.15) is 0 Å². The van der Waals surface area contributed by atoms with Gasteiger partial charge in [-0.05, 0) is 13.8 Å². The summed E-state index contributed by atoms with van der Waals surface area (Å²) in [4.78, 5) is 18.1. The zero-order valence-corrected chi connectivity index (χ0v) is 11.4. The molecule has 17 heavy (non-hydrogen) atoms. The molecule has 5 nitrogen and oxygen atoms in total. The number of carbonyl (C=O) groups excluding carboxylic acids is 1. The van der Waals surface area contributed by atoms with Gasteiger partial charge in [-0.25, -0.2) is 4.79 Å². The van der Waals surface area contributed by atoms with Gasteiger partial charge >= 0.3 is 6.03 Å². The van der Waals surface area contributed by atoms with E-state index in [1.54, 1.807) is 0 Å². The standard InChI is InChI=1S/C12H26N4O/c1-4-16(5-2)12(17)14(3)10-11-15-8-6-13-7-9-15/h13H,4-11H2,1-3H3. The highest BCUT2D eigenvalue weighted by Crippen LogP contribution is 1.98. The van der Waals surface area contributed by atoms with Crippen LogP contribution in [0.2, 0.25) is 0 Å². The second-order valence-electron chi connectivity index (χ2n) is 4.47. The van der Waals surface area contributed by atoms with Crippen molar-refractivity contribution in [3.63, 3.8) is 0 Å². The molecule has 0 aromatic heterocycles. The van der Waals surface area contributed by atoms with E-state index in [4.69, 9.17) is 0 Å². The fourth-order valence-electron chi connectivity index (χ4n) is 2.06. The molecule has 0 saturated carbocycles. The summed E-state index contributed by atoms with van der Waals surface area (Å²) in [5, 5.41) is 3.33. The van der Waals surface area contributed by atoms with Crippen LogP contribution in [-0.4, -0.2) is 80.1 Å². The zero-order chi connectivity index (χ0) is 12.7. The first-order chi connectivity index (χ1) is 8.19. The summed E-state index contributed by atoms with van der Waals surface area (Å²) in [5.74, 6) is 0. The Morgan fingerprint density at radius 1 is 1.24 bits per heavy atom. The Morgan fingerprint density at radius 2 is 1.82 bits per heavy atom. The van der Waals surface area contributed by atoms with Crippen molar-refractivity contribution >= 4 is 6.03 Å². The second-order valence-corrected chi connectivity index (χ2v) is 4.47. The number of carbonyl (C=O) groups is 1. The summed E-state index contributed by atoms with van der Waals surface area (Å²) >= 11 is 0. The van der Waals surface area contributed by atoms with Crippen LogP contribution in [0.3, 0.4) is 0 Å². The lowest BCUT2D eigenvalue weighted by Crippen LogP contribution is -2.48. The highest BCUT2D eigenvalue weighted by atomic mass is 16.2. The number of amides is 2. The molecule has 0 spiro atoms. The van der Waals surface area contributed by atoms with Crippen LogP contribution in [0, 0.1) is 0 Å². The molecule has 2 amide bonds. The number of piperazine rings is 1. The Morgan fingerprint density at radius 3 is 2.35 bits per heavy atom. The zero-order valence-electron chi connectivity index (χ0n) is 11.4. The molecule has 1 heterocycles. The average molecular weight is 242 g/mol. The van der Waals surface area contributed by atoms with Crippen LogP contribution >= 0.6 is 0 Å². The van der Waals surface area contributed by atoms with Crippen molar-refractivity contribution in [1.82, 2.24) is 20.0 Å². The fraction of sp³-hybridized carbons (Fsp3) is 0.917. The maximum absolute atomic E-state index is 12.0. The second kappa shape index (κ2) is 7.50. The molecule has 5 heteroatoms. The maximum Gasteiger partial charge on any atom is 0.319 e. The third-order valence-electron chi connectivity index (χ3n) is 3.32. The number of likely N-dealkylation sites (N-methyl/N-ethyl adjacent to an activating group) is 1. The Hall–Kier alpha value is -0.810. The summed E-state index contributed by atoms with van der Waals surface area (Å²) in [6.07, 6.45) is 0. The topological polar surface area (TPSA) is 38.8 Å². The van der Waals surface area contributed by atoms with Crippen LogP contribution < -0.4 is 5.32 Å². The predicted molar refractivity (Wildman–Crippen MR) is 70.3 cm³/mol. The van der Waals surface area contributed by atoms with Gasteiger partial charge in [0.15, 0.2) is 0 Å². The largest absolute Gasteiger partial charge is 0.326 e. The minimum absolute atomic E-state index is 0.144. The van der Waals surface area contributed by atoms with E-state index in [0.29, 0.717) is 0 Å². The maximum atomic E-state index is 12.0. The first kappa shape index (κ1) is 14.3. The highest BCUT2D eigenvalue weighted by molar-refractivity contribution is 5.74. The molecule has 0 aromatic carbocycles. The third-order valence-corrected chi connectivity index (χ3v) is 3.32. The number of hydrogen-bond donors (Lipinski definition) is 1. The monoisotopic (exact) mass is 242 g/mol. The van der Waals surface area contributed by atoms with Gasteiger partial charge in [-0.3, -0.25) is 4.90 Å². The summed E-state index contributed by atoms with van der Waals surface area (Å²) < 4.78 is 0. The molecular weight excluding hydrogens is 216 g/mol. The summed E-state index contributed by atoms with van der Waals surface area (Å²) in [7, 11) is 1.89. The van der Waals surface area contributed by atoms with Gasteiger partial charge in [-0.1, -0.05) is 0 Å². The Kier molecular flexibility index (Phi) is 6.29. The molecule has 0 aliphatic carbocycles. The smallest absolute Gasteiger partial charge is 0.319 e. The quantitative estimate of drug-likeness (QED) is 0.753. The van der Waals surface area contributed by atoms with E-state index in [9.17, 15) is 4.79 Å². The Bertz CT molecular complexity index is 225. The number of urea groups is 1. The van der Waals surface area contributed by atoms with Crippen molar-refractivity contribution in [3.05, 3.63) is 0 Å². The molecule has 1 aliphatic heterocycles. The van der Waals surface area contributed by atoms with Crippen molar-refractivity contribution in [2.45, 2.75) is 13.8 Å². The normalized spacial score (nSPS) is 16.9. The van der Waals surface area contributed by atoms with E-state index in [-0.39, 0.29) is 6.03 Å². The summed E-state index contributed by atoms with van der Waals surface area (Å²) in [5.41, 5.74) is 0. The van der Waals surface area contributed by atoms with Gasteiger partial charge in [0, 0.05) is 59.4 Å². The third kappa shape index (κ3) is 4.52. The summed E-state index contributed by atoms with van der Waals surface area (Å²) in [6.45, 7) is 11.7. The van der Waals surface area contributed by atoms with Crippen molar-refractivity contribution in [3.8, 4) is 0 Å². The van der Waals surface area contributed by atoms with Crippen molar-refractivity contribution in [2.75, 3.05) is 59.4 Å². The van der Waals surface area contributed by atoms with Crippen LogP contribution in [-0.2, 0) is 0 Å². The molecule has 100 valence electrons. The van der Waals surface area contributed by atoms with E-state index in [1.807, 2.05) is 30.7 Å². The molecule has 0 unspecified atom stereocenters. The van der Waals surface area contributed by atoms with Crippen molar-refractivity contribution in [2.24, 2.45) is 0 Å². The van der Waals surface area contributed by atoms with E-state index < -0.39 is 0 Å². The minimum atomic E-state index is 0.144. The number of rotatable bonds is 5. The number of nitrogens with zero attached hydrogens (tertiary/aromatic N) is 3. The SMILES string of the molecule is CCN(CC)C(=O)N(C)CCN1CCNCC1. The molecular formula is C12H26N4O. The van der Waals surface area contributed by atoms with Crippen LogP contribution in [0.4, 0.5) is 4.79 Å². The van der Waals surface area contributed by atoms with Crippen LogP contribution in [0.1, 0.15) is 13.8 Å². The van der Waals surface area contributed by atoms with Crippen LogP contribution in [0.25, 0.3) is 0 Å². The molecule has 1 N–H and O–H groups in total.